The number of aliphatic carboxylic acids is 1. The number of ether oxygens (including phenoxy) is 3. The number of aliphatic hydroxyl groups excluding tert-OH is 1. The molecule has 0 amide bonds. The second-order valence-electron chi connectivity index (χ2n) is 9.32. The van der Waals surface area contributed by atoms with Gasteiger partial charge in [-0.1, -0.05) is 48.6 Å². The summed E-state index contributed by atoms with van der Waals surface area (Å²) in [6.45, 7) is 1.84. The Hall–Kier alpha value is -2.52. The predicted octanol–water partition coefficient (Wildman–Crippen LogP) is 3.36. The van der Waals surface area contributed by atoms with E-state index in [-0.39, 0.29) is 31.2 Å². The normalized spacial score (nSPS) is 41.7. The summed E-state index contributed by atoms with van der Waals surface area (Å²) in [5.41, 5.74) is 0. The van der Waals surface area contributed by atoms with Crippen LogP contribution >= 0.6 is 0 Å². The first-order chi connectivity index (χ1) is 16.8. The Morgan fingerprint density at radius 2 is 1.77 bits per heavy atom. The topological polar surface area (TPSA) is 126 Å². The van der Waals surface area contributed by atoms with Gasteiger partial charge in [0.25, 0.3) is 0 Å². The van der Waals surface area contributed by atoms with Crippen molar-refractivity contribution in [3.63, 3.8) is 0 Å². The van der Waals surface area contributed by atoms with Crippen molar-refractivity contribution >= 4 is 11.9 Å². The fraction of sp³-hybridized carbons (Fsp3) is 0.556. The monoisotopic (exact) mass is 488 g/mol. The van der Waals surface area contributed by atoms with Gasteiger partial charge in [0.2, 0.25) is 0 Å². The summed E-state index contributed by atoms with van der Waals surface area (Å²) in [6, 6.07) is 0. The molecule has 192 valence electrons. The molecule has 0 aromatic carbocycles. The van der Waals surface area contributed by atoms with E-state index >= 15 is 0 Å². The summed E-state index contributed by atoms with van der Waals surface area (Å²) in [4.78, 5) is 23.7. The molecule has 3 rings (SSSR count). The number of carboxylic acids is 1. The highest BCUT2D eigenvalue weighted by molar-refractivity contribution is 5.82. The first-order valence-electron chi connectivity index (χ1n) is 12.3. The van der Waals surface area contributed by atoms with E-state index < -0.39 is 35.9 Å². The smallest absolute Gasteiger partial charge is 0.330 e. The average Bonchev–Trinajstić information content (AvgIpc) is 3.52. The van der Waals surface area contributed by atoms with Crippen LogP contribution in [0, 0.1) is 5.92 Å². The van der Waals surface area contributed by atoms with Gasteiger partial charge in [-0.3, -0.25) is 4.79 Å². The first kappa shape index (κ1) is 27.1. The molecule has 0 unspecified atom stereocenters. The Morgan fingerprint density at radius 3 is 2.51 bits per heavy atom. The van der Waals surface area contributed by atoms with Gasteiger partial charge < -0.3 is 29.5 Å². The molecule has 2 saturated heterocycles. The summed E-state index contributed by atoms with van der Waals surface area (Å²) in [6.07, 6.45) is 18.4. The highest BCUT2D eigenvalue weighted by atomic mass is 16.6. The number of rotatable bonds is 1. The fourth-order valence-electron chi connectivity index (χ4n) is 4.47. The van der Waals surface area contributed by atoms with E-state index in [2.05, 4.69) is 0 Å². The van der Waals surface area contributed by atoms with Gasteiger partial charge in [0.05, 0.1) is 18.3 Å². The van der Waals surface area contributed by atoms with Crippen molar-refractivity contribution in [3.05, 3.63) is 60.8 Å². The van der Waals surface area contributed by atoms with Gasteiger partial charge in [-0.05, 0) is 38.7 Å². The van der Waals surface area contributed by atoms with Gasteiger partial charge in [0, 0.05) is 25.3 Å². The summed E-state index contributed by atoms with van der Waals surface area (Å²) in [5, 5.41) is 31.0. The van der Waals surface area contributed by atoms with Gasteiger partial charge in [-0.2, -0.15) is 0 Å². The minimum Gasteiger partial charge on any atom is -0.481 e. The molecule has 0 saturated carbocycles. The van der Waals surface area contributed by atoms with Crippen LogP contribution in [0.3, 0.4) is 0 Å². The molecule has 8 nitrogen and oxygen atoms in total. The fourth-order valence-corrected chi connectivity index (χ4v) is 4.47. The lowest BCUT2D eigenvalue weighted by molar-refractivity contribution is -0.291. The second-order valence-corrected chi connectivity index (χ2v) is 9.32. The largest absolute Gasteiger partial charge is 0.481 e. The van der Waals surface area contributed by atoms with Crippen molar-refractivity contribution in [1.29, 1.82) is 0 Å². The molecule has 3 aliphatic heterocycles. The first-order valence-corrected chi connectivity index (χ1v) is 12.3. The summed E-state index contributed by atoms with van der Waals surface area (Å²) in [7, 11) is 0. The average molecular weight is 489 g/mol. The third kappa shape index (κ3) is 8.89. The number of hydrogen-bond acceptors (Lipinski definition) is 7. The number of carboxylic acid groups (broad SMARTS) is 1. The minimum atomic E-state index is -1.59. The molecule has 3 N–H and O–H groups in total. The van der Waals surface area contributed by atoms with Crippen LogP contribution in [0.1, 0.15) is 51.9 Å². The number of epoxide rings is 1. The third-order valence-electron chi connectivity index (χ3n) is 6.33. The summed E-state index contributed by atoms with van der Waals surface area (Å²) in [5.74, 6) is -4.23. The molecule has 0 radical (unpaired) electrons. The maximum absolute atomic E-state index is 12.0. The number of carbonyl (C=O) groups is 2. The zero-order valence-corrected chi connectivity index (χ0v) is 20.1. The SMILES string of the molecule is C[C@@H]1C/C=C/C=C/C=C/C=C/CC[C@@H]2O[C@](O)(CCC[C@H]3O[C@@H]3/C=C/C(=O)O1)C[C@H](O)[C@H]2C(=O)O. The molecule has 8 heteroatoms. The summed E-state index contributed by atoms with van der Waals surface area (Å²) < 4.78 is 16.8. The number of esters is 1. The van der Waals surface area contributed by atoms with Gasteiger partial charge >= 0.3 is 11.9 Å². The van der Waals surface area contributed by atoms with E-state index in [0.29, 0.717) is 32.1 Å². The number of allylic oxidation sites excluding steroid dienone is 7. The van der Waals surface area contributed by atoms with E-state index in [0.717, 1.165) is 0 Å². The maximum Gasteiger partial charge on any atom is 0.330 e. The van der Waals surface area contributed by atoms with Crippen LogP contribution in [0.5, 0.6) is 0 Å². The molecule has 2 fully saturated rings. The lowest BCUT2D eigenvalue weighted by Crippen LogP contribution is -2.54. The molecule has 0 aromatic heterocycles. The van der Waals surface area contributed by atoms with E-state index in [1.807, 2.05) is 55.5 Å². The molecule has 0 spiro atoms. The molecule has 2 bridgehead atoms. The van der Waals surface area contributed by atoms with Gasteiger partial charge in [-0.25, -0.2) is 4.79 Å². The maximum atomic E-state index is 12.0. The van der Waals surface area contributed by atoms with Crippen molar-refractivity contribution in [2.24, 2.45) is 5.92 Å². The highest BCUT2D eigenvalue weighted by Crippen LogP contribution is 2.38. The van der Waals surface area contributed by atoms with Crippen LogP contribution in [0.4, 0.5) is 0 Å². The number of fused-ring (bicyclic) bond motifs is 3. The van der Waals surface area contributed by atoms with Crippen LogP contribution in [0.2, 0.25) is 0 Å². The summed E-state index contributed by atoms with van der Waals surface area (Å²) >= 11 is 0. The van der Waals surface area contributed by atoms with Crippen molar-refractivity contribution in [3.8, 4) is 0 Å². The quantitative estimate of drug-likeness (QED) is 0.379. The lowest BCUT2D eigenvalue weighted by Gasteiger charge is -2.43. The van der Waals surface area contributed by atoms with E-state index in [4.69, 9.17) is 14.2 Å². The molecule has 0 aromatic rings. The van der Waals surface area contributed by atoms with Crippen LogP contribution in [-0.4, -0.2) is 63.6 Å². The van der Waals surface area contributed by atoms with Crippen molar-refractivity contribution in [1.82, 2.24) is 0 Å². The molecule has 0 aliphatic carbocycles. The van der Waals surface area contributed by atoms with Crippen LogP contribution in [0.15, 0.2) is 60.8 Å². The number of hydrogen-bond donors (Lipinski definition) is 3. The number of carbonyl (C=O) groups excluding carboxylic acids is 1. The highest BCUT2D eigenvalue weighted by Gasteiger charge is 2.48. The molecule has 35 heavy (non-hydrogen) atoms. The van der Waals surface area contributed by atoms with E-state index in [1.165, 1.54) is 6.08 Å². The predicted molar refractivity (Wildman–Crippen MR) is 129 cm³/mol. The standard InChI is InChI=1S/C27H36O8/c1-19-12-9-7-5-3-2-4-6-8-10-13-23-25(26(30)31)20(28)18-27(32,35-23)17-11-14-21-22(34-21)15-16-24(29)33-19/h2-9,15-16,19-23,25,28,32H,10-14,17-18H2,1H3,(H,30,31)/b4-2+,5-3+,8-6+,9-7+,16-15+/t19-,20+,21-,22-,23+,25-,27-/m1/s1. The molecular weight excluding hydrogens is 452 g/mol. The zero-order valence-electron chi connectivity index (χ0n) is 20.1. The Balaban J connectivity index is 1.66. The van der Waals surface area contributed by atoms with E-state index in [9.17, 15) is 24.9 Å². The van der Waals surface area contributed by atoms with Gasteiger partial charge in [-0.15, -0.1) is 0 Å². The lowest BCUT2D eigenvalue weighted by atomic mass is 9.83. The number of aliphatic hydroxyl groups is 2. The van der Waals surface area contributed by atoms with Gasteiger partial charge in [0.15, 0.2) is 5.79 Å². The van der Waals surface area contributed by atoms with Crippen LogP contribution in [-0.2, 0) is 23.8 Å². The van der Waals surface area contributed by atoms with Crippen LogP contribution < -0.4 is 0 Å². The number of cyclic esters (lactones) is 1. The van der Waals surface area contributed by atoms with Gasteiger partial charge in [0.1, 0.15) is 18.1 Å². The van der Waals surface area contributed by atoms with Crippen molar-refractivity contribution < 1.29 is 39.1 Å². The molecule has 3 heterocycles. The van der Waals surface area contributed by atoms with Crippen LogP contribution in [0.25, 0.3) is 0 Å². The van der Waals surface area contributed by atoms with E-state index in [1.54, 1.807) is 6.08 Å². The zero-order chi connectivity index (χ0) is 25.3. The third-order valence-corrected chi connectivity index (χ3v) is 6.33. The molecule has 3 aliphatic rings. The minimum absolute atomic E-state index is 0.0605. The molecular formula is C27H36O8. The molecule has 7 atom stereocenters. The second kappa shape index (κ2) is 13.0. The van der Waals surface area contributed by atoms with Crippen molar-refractivity contribution in [2.75, 3.05) is 0 Å². The Labute approximate surface area is 206 Å². The Bertz CT molecular complexity index is 872. The Morgan fingerprint density at radius 1 is 1.06 bits per heavy atom. The van der Waals surface area contributed by atoms with Crippen molar-refractivity contribution in [2.45, 2.75) is 88.2 Å². The Kier molecular flexibility index (Phi) is 10.0.